The van der Waals surface area contributed by atoms with E-state index in [4.69, 9.17) is 19.8 Å². The van der Waals surface area contributed by atoms with Crippen LogP contribution in [0.2, 0.25) is 0 Å². The van der Waals surface area contributed by atoms with Crippen LogP contribution in [0.5, 0.6) is 11.5 Å². The summed E-state index contributed by atoms with van der Waals surface area (Å²) in [5, 5.41) is 38.9. The van der Waals surface area contributed by atoms with Crippen LogP contribution in [0.25, 0.3) is 0 Å². The predicted molar refractivity (Wildman–Crippen MR) is 165 cm³/mol. The second kappa shape index (κ2) is 19.3. The van der Waals surface area contributed by atoms with Gasteiger partial charge in [-0.3, -0.25) is 9.98 Å². The molecule has 0 spiro atoms. The third-order valence-corrected chi connectivity index (χ3v) is 5.63. The smallest absolute Gasteiger partial charge is 0.550 e. The minimum atomic E-state index is -1.08. The molecular weight excluding hydrogens is 591 g/mol. The fraction of sp³-hybridized carbons (Fsp3) is 0.353. The van der Waals surface area contributed by atoms with Crippen LogP contribution < -0.4 is 10.2 Å². The van der Waals surface area contributed by atoms with Gasteiger partial charge in [-0.15, -0.1) is 0 Å². The molecule has 0 aliphatic heterocycles. The molecule has 0 aliphatic carbocycles. The van der Waals surface area contributed by atoms with E-state index in [2.05, 4.69) is 37.7 Å². The Morgan fingerprint density at radius 1 is 0.721 bits per heavy atom. The van der Waals surface area contributed by atoms with Crippen molar-refractivity contribution in [3.8, 4) is 11.5 Å². The molecule has 233 valence electrons. The van der Waals surface area contributed by atoms with Gasteiger partial charge in [0.25, 0.3) is 0 Å². The van der Waals surface area contributed by atoms with Crippen molar-refractivity contribution in [2.75, 3.05) is 0 Å². The normalized spacial score (nSPS) is 10.7. The van der Waals surface area contributed by atoms with Crippen molar-refractivity contribution in [2.24, 2.45) is 21.8 Å². The first-order valence-electron chi connectivity index (χ1n) is 13.8. The molecule has 9 heteroatoms. The largest absolute Gasteiger partial charge is 2.00 e. The maximum atomic E-state index is 10.6. The number of carbonyl (C=O) groups excluding carboxylic acids is 2. The van der Waals surface area contributed by atoms with Gasteiger partial charge in [0, 0.05) is 35.5 Å². The molecule has 0 atom stereocenters. The van der Waals surface area contributed by atoms with E-state index in [9.17, 15) is 10.2 Å². The molecule has 1 radical (unpaired) electrons. The monoisotopic (exact) mass is 633 g/mol. The molecule has 0 saturated carbocycles. The first-order valence-corrected chi connectivity index (χ1v) is 13.8. The van der Waals surface area contributed by atoms with Crippen molar-refractivity contribution in [2.45, 2.75) is 68.2 Å². The summed E-state index contributed by atoms with van der Waals surface area (Å²) in [5.74, 6) is -0.606. The summed E-state index contributed by atoms with van der Waals surface area (Å²) >= 11 is 0. The third-order valence-electron chi connectivity index (χ3n) is 5.63. The number of carboxylic acid groups (broad SMARTS) is 2. The van der Waals surface area contributed by atoms with Crippen LogP contribution >= 0.6 is 0 Å². The van der Waals surface area contributed by atoms with E-state index in [1.165, 1.54) is 11.1 Å². The average Bonchev–Trinajstić information content (AvgIpc) is 2.85. The first-order chi connectivity index (χ1) is 19.6. The Balaban J connectivity index is 0.00000174. The van der Waals surface area contributed by atoms with Crippen LogP contribution in [0.1, 0.15) is 74.9 Å². The van der Waals surface area contributed by atoms with E-state index in [0.717, 1.165) is 37.8 Å². The van der Waals surface area contributed by atoms with Gasteiger partial charge in [0.05, 0.1) is 11.4 Å². The number of aliphatic imine (C=N–C) groups is 2. The van der Waals surface area contributed by atoms with Crippen LogP contribution in [-0.4, -0.2) is 34.6 Å². The predicted octanol–water partition coefficient (Wildman–Crippen LogP) is 5.12. The van der Waals surface area contributed by atoms with Gasteiger partial charge >= 0.3 is 16.8 Å². The molecule has 0 unspecified atom stereocenters. The maximum absolute atomic E-state index is 10.6. The second-order valence-electron chi connectivity index (χ2n) is 10.9. The number of para-hydroxylation sites is 2. The average molecular weight is 634 g/mol. The molecule has 0 heterocycles. The summed E-state index contributed by atoms with van der Waals surface area (Å²) in [4.78, 5) is 27.1. The number of rotatable bonds is 8. The molecule has 0 amide bonds. The fourth-order valence-corrected chi connectivity index (χ4v) is 4.10. The summed E-state index contributed by atoms with van der Waals surface area (Å²) in [6.45, 7) is 14.5. The number of carbonyl (C=O) groups is 2. The number of aryl methyl sites for hydroxylation is 2. The summed E-state index contributed by atoms with van der Waals surface area (Å²) in [7, 11) is 0. The number of aromatic hydroxyl groups is 2. The topological polar surface area (TPSA) is 145 Å². The quantitative estimate of drug-likeness (QED) is 0.329. The Morgan fingerprint density at radius 2 is 1.02 bits per heavy atom. The van der Waals surface area contributed by atoms with E-state index in [1.54, 1.807) is 12.4 Å². The number of aliphatic carboxylic acids is 2. The van der Waals surface area contributed by atoms with E-state index < -0.39 is 11.9 Å². The standard InChI is InChI=1S/C30H36N2O2.2C2H4O2.Co/c1-19(2)11-23-13-21(5)29(33)25(15-23)17-31-27-9-7-8-10-28(27)32-18-26-16-24(12-20(3)4)14-22(6)30(26)34;2*1-2(3)4;/h7-10,13-20,33-34H,11-12H2,1-6H3;2*1H3,(H,3,4);/q;;;+2/p-2. The van der Waals surface area contributed by atoms with Gasteiger partial charge in [0.1, 0.15) is 11.5 Å². The molecule has 0 saturated heterocycles. The van der Waals surface area contributed by atoms with Crippen LogP contribution in [0.3, 0.4) is 0 Å². The molecule has 8 nitrogen and oxygen atoms in total. The second-order valence-corrected chi connectivity index (χ2v) is 10.9. The van der Waals surface area contributed by atoms with Crippen molar-refractivity contribution >= 4 is 35.7 Å². The molecule has 0 aromatic heterocycles. The number of nitrogens with zero attached hydrogens (tertiary/aromatic N) is 2. The molecule has 43 heavy (non-hydrogen) atoms. The van der Waals surface area contributed by atoms with Gasteiger partial charge in [0.15, 0.2) is 0 Å². The first kappa shape index (κ1) is 39.0. The Hall–Kier alpha value is -3.95. The van der Waals surface area contributed by atoms with E-state index in [-0.39, 0.29) is 28.3 Å². The number of phenolic OH excluding ortho intramolecular Hbond substituents is 2. The van der Waals surface area contributed by atoms with Crippen LogP contribution in [0, 0.1) is 25.7 Å². The number of hydrogen-bond acceptors (Lipinski definition) is 8. The summed E-state index contributed by atoms with van der Waals surface area (Å²) < 4.78 is 0. The Bertz CT molecular complexity index is 1300. The van der Waals surface area contributed by atoms with Gasteiger partial charge in [-0.05, 0) is 98.9 Å². The maximum Gasteiger partial charge on any atom is 2.00 e. The van der Waals surface area contributed by atoms with Crippen molar-refractivity contribution in [1.29, 1.82) is 0 Å². The van der Waals surface area contributed by atoms with E-state index in [0.29, 0.717) is 34.3 Å². The number of benzene rings is 3. The van der Waals surface area contributed by atoms with Crippen molar-refractivity contribution in [3.63, 3.8) is 0 Å². The molecule has 3 rings (SSSR count). The molecule has 0 bridgehead atoms. The van der Waals surface area contributed by atoms with Crippen LogP contribution in [-0.2, 0) is 39.2 Å². The summed E-state index contributed by atoms with van der Waals surface area (Å²) in [5.41, 5.74) is 6.85. The molecule has 2 N–H and O–H groups in total. The zero-order valence-corrected chi connectivity index (χ0v) is 27.1. The Kier molecular flexibility index (Phi) is 17.5. The van der Waals surface area contributed by atoms with Gasteiger partial charge in [-0.25, -0.2) is 0 Å². The zero-order chi connectivity index (χ0) is 32.0. The van der Waals surface area contributed by atoms with Gasteiger partial charge < -0.3 is 30.0 Å². The Labute approximate surface area is 265 Å². The fourth-order valence-electron chi connectivity index (χ4n) is 4.10. The van der Waals surface area contributed by atoms with Crippen molar-refractivity contribution in [3.05, 3.63) is 81.9 Å². The van der Waals surface area contributed by atoms with Crippen molar-refractivity contribution in [1.82, 2.24) is 0 Å². The number of phenols is 2. The Morgan fingerprint density at radius 3 is 1.30 bits per heavy atom. The molecule has 3 aromatic carbocycles. The van der Waals surface area contributed by atoms with Gasteiger partial charge in [-0.2, -0.15) is 0 Å². The third kappa shape index (κ3) is 15.2. The van der Waals surface area contributed by atoms with Crippen LogP contribution in [0.4, 0.5) is 11.4 Å². The number of hydrogen-bond donors (Lipinski definition) is 2. The minimum Gasteiger partial charge on any atom is -0.550 e. The summed E-state index contributed by atoms with van der Waals surface area (Å²) in [6.07, 6.45) is 5.29. The number of carboxylic acids is 2. The van der Waals surface area contributed by atoms with Crippen LogP contribution in [0.15, 0.2) is 58.5 Å². The molecule has 0 fully saturated rings. The zero-order valence-electron chi connectivity index (χ0n) is 26.1. The molecule has 0 aliphatic rings. The van der Waals surface area contributed by atoms with Gasteiger partial charge in [-0.1, -0.05) is 52.0 Å². The van der Waals surface area contributed by atoms with Crippen molar-refractivity contribution < 1.29 is 46.8 Å². The van der Waals surface area contributed by atoms with E-state index in [1.807, 2.05) is 62.4 Å². The van der Waals surface area contributed by atoms with Gasteiger partial charge in [0.2, 0.25) is 0 Å². The molecule has 3 aromatic rings. The van der Waals surface area contributed by atoms with E-state index >= 15 is 0 Å². The SMILES string of the molecule is CC(=O)[O-].CC(=O)[O-].Cc1cc(CC(C)C)cc(C=Nc2ccccc2N=Cc2cc(CC(C)C)cc(C)c2O)c1O.[Co+2]. The summed E-state index contributed by atoms with van der Waals surface area (Å²) in [6, 6.07) is 15.7. The minimum absolute atomic E-state index is 0. The molecular formula is C34H42CoN2O6.